The van der Waals surface area contributed by atoms with Crippen molar-refractivity contribution in [3.05, 3.63) is 4.91 Å². The van der Waals surface area contributed by atoms with Gasteiger partial charge in [0.1, 0.15) is 18.3 Å². The normalized spacial score (nSPS) is 46.0. The van der Waals surface area contributed by atoms with Crippen molar-refractivity contribution in [1.82, 2.24) is 5.32 Å². The zero-order chi connectivity index (χ0) is 10.0. The standard InChI is InChI=1S/C6H12N2O5/c9-1-2-3(10)4(11)5(12)6(7-2)8-13/h2-7,9-12H,1H2/t2-,3+,4+,5-,6?/m1/s1. The van der Waals surface area contributed by atoms with Gasteiger partial charge in [-0.2, -0.15) is 0 Å². The second kappa shape index (κ2) is 4.07. The zero-order valence-corrected chi connectivity index (χ0v) is 6.74. The number of nitrogens with zero attached hydrogens (tertiary/aromatic N) is 1. The molecule has 0 aliphatic carbocycles. The molecule has 7 heteroatoms. The van der Waals surface area contributed by atoms with Crippen LogP contribution in [0.2, 0.25) is 0 Å². The average molecular weight is 192 g/mol. The molecule has 5 atom stereocenters. The Morgan fingerprint density at radius 1 is 1.15 bits per heavy atom. The van der Waals surface area contributed by atoms with Gasteiger partial charge in [-0.3, -0.25) is 5.32 Å². The second-order valence-electron chi connectivity index (χ2n) is 2.98. The minimum absolute atomic E-state index is 0.447. The van der Waals surface area contributed by atoms with Crippen LogP contribution < -0.4 is 5.32 Å². The van der Waals surface area contributed by atoms with Crippen LogP contribution in [0.3, 0.4) is 0 Å². The number of piperidine rings is 1. The van der Waals surface area contributed by atoms with Crippen LogP contribution in [0, 0.1) is 4.91 Å². The highest BCUT2D eigenvalue weighted by Crippen LogP contribution is 2.15. The monoisotopic (exact) mass is 192 g/mol. The molecule has 0 spiro atoms. The highest BCUT2D eigenvalue weighted by atomic mass is 16.4. The topological polar surface area (TPSA) is 122 Å². The summed E-state index contributed by atoms with van der Waals surface area (Å²) in [6.45, 7) is -0.447. The van der Waals surface area contributed by atoms with E-state index in [1.807, 2.05) is 0 Å². The first-order valence-corrected chi connectivity index (χ1v) is 3.85. The molecule has 0 bridgehead atoms. The van der Waals surface area contributed by atoms with Crippen molar-refractivity contribution in [2.45, 2.75) is 30.5 Å². The average Bonchev–Trinajstić information content (AvgIpc) is 2.15. The van der Waals surface area contributed by atoms with Crippen molar-refractivity contribution in [2.24, 2.45) is 5.18 Å². The Labute approximate surface area is 74.0 Å². The number of nitrogens with one attached hydrogen (secondary N) is 1. The van der Waals surface area contributed by atoms with E-state index in [2.05, 4.69) is 10.5 Å². The minimum atomic E-state index is -1.47. The van der Waals surface area contributed by atoms with Crippen molar-refractivity contribution in [2.75, 3.05) is 6.61 Å². The fraction of sp³-hybridized carbons (Fsp3) is 1.00. The summed E-state index contributed by atoms with van der Waals surface area (Å²) in [6.07, 6.45) is -5.43. The molecule has 7 nitrogen and oxygen atoms in total. The van der Waals surface area contributed by atoms with E-state index in [1.165, 1.54) is 0 Å². The fourth-order valence-electron chi connectivity index (χ4n) is 1.30. The predicted molar refractivity (Wildman–Crippen MR) is 41.6 cm³/mol. The van der Waals surface area contributed by atoms with Gasteiger partial charge in [0.05, 0.1) is 12.6 Å². The van der Waals surface area contributed by atoms with Gasteiger partial charge in [0, 0.05) is 0 Å². The van der Waals surface area contributed by atoms with Crippen molar-refractivity contribution in [1.29, 1.82) is 0 Å². The molecule has 1 aliphatic heterocycles. The highest BCUT2D eigenvalue weighted by molar-refractivity contribution is 4.96. The third-order valence-corrected chi connectivity index (χ3v) is 2.13. The van der Waals surface area contributed by atoms with Crippen LogP contribution >= 0.6 is 0 Å². The van der Waals surface area contributed by atoms with Crippen molar-refractivity contribution in [3.8, 4) is 0 Å². The third kappa shape index (κ3) is 1.84. The fourth-order valence-corrected chi connectivity index (χ4v) is 1.30. The van der Waals surface area contributed by atoms with Crippen molar-refractivity contribution >= 4 is 0 Å². The van der Waals surface area contributed by atoms with E-state index >= 15 is 0 Å². The molecule has 0 aromatic carbocycles. The van der Waals surface area contributed by atoms with Crippen LogP contribution in [0.4, 0.5) is 0 Å². The molecule has 1 rings (SSSR count). The number of aliphatic hydroxyl groups is 4. The molecule has 5 N–H and O–H groups in total. The molecule has 0 radical (unpaired) electrons. The molecule has 1 heterocycles. The highest BCUT2D eigenvalue weighted by Gasteiger charge is 2.42. The van der Waals surface area contributed by atoms with Crippen LogP contribution in [0.1, 0.15) is 0 Å². The Morgan fingerprint density at radius 2 is 1.77 bits per heavy atom. The van der Waals surface area contributed by atoms with E-state index in [0.717, 1.165) is 0 Å². The Hall–Kier alpha value is -0.600. The van der Waals surface area contributed by atoms with Crippen LogP contribution in [-0.4, -0.2) is 57.6 Å². The van der Waals surface area contributed by atoms with Gasteiger partial charge in [-0.05, 0) is 5.18 Å². The van der Waals surface area contributed by atoms with Crippen molar-refractivity contribution in [3.63, 3.8) is 0 Å². The van der Waals surface area contributed by atoms with E-state index in [0.29, 0.717) is 0 Å². The molecule has 1 saturated heterocycles. The van der Waals surface area contributed by atoms with Crippen molar-refractivity contribution < 1.29 is 20.4 Å². The summed E-state index contributed by atoms with van der Waals surface area (Å²) in [6, 6.07) is -0.846. The van der Waals surface area contributed by atoms with E-state index < -0.39 is 37.1 Å². The lowest BCUT2D eigenvalue weighted by molar-refractivity contribution is -0.118. The molecule has 13 heavy (non-hydrogen) atoms. The van der Waals surface area contributed by atoms with E-state index in [1.54, 1.807) is 0 Å². The maximum absolute atomic E-state index is 10.1. The summed E-state index contributed by atoms with van der Waals surface area (Å²) in [5.41, 5.74) is 0. The van der Waals surface area contributed by atoms with E-state index in [9.17, 15) is 20.2 Å². The van der Waals surface area contributed by atoms with Crippen LogP contribution in [0.25, 0.3) is 0 Å². The predicted octanol–water partition coefficient (Wildman–Crippen LogP) is -2.87. The minimum Gasteiger partial charge on any atom is -0.395 e. The number of hydrogen-bond donors (Lipinski definition) is 5. The lowest BCUT2D eigenvalue weighted by Gasteiger charge is -2.37. The smallest absolute Gasteiger partial charge is 0.171 e. The van der Waals surface area contributed by atoms with Gasteiger partial charge in [-0.1, -0.05) is 0 Å². The molecular formula is C6H12N2O5. The third-order valence-electron chi connectivity index (χ3n) is 2.13. The van der Waals surface area contributed by atoms with Gasteiger partial charge >= 0.3 is 0 Å². The van der Waals surface area contributed by atoms with Gasteiger partial charge in [-0.15, -0.1) is 4.91 Å². The van der Waals surface area contributed by atoms with E-state index in [-0.39, 0.29) is 0 Å². The first kappa shape index (κ1) is 10.5. The summed E-state index contributed by atoms with van der Waals surface area (Å²) in [4.78, 5) is 10.1. The molecule has 0 aromatic heterocycles. The zero-order valence-electron chi connectivity index (χ0n) is 6.74. The Morgan fingerprint density at radius 3 is 2.23 bits per heavy atom. The molecule has 1 fully saturated rings. The summed E-state index contributed by atoms with van der Waals surface area (Å²) in [5.74, 6) is 0. The SMILES string of the molecule is O=NC1N[C@H](CO)[C@H](O)[C@H](O)[C@H]1O. The second-order valence-corrected chi connectivity index (χ2v) is 2.98. The molecule has 1 unspecified atom stereocenters. The summed E-state index contributed by atoms with van der Waals surface area (Å²) < 4.78 is 0. The van der Waals surface area contributed by atoms with E-state index in [4.69, 9.17) is 5.11 Å². The van der Waals surface area contributed by atoms with Crippen LogP contribution in [-0.2, 0) is 0 Å². The number of rotatable bonds is 2. The Bertz CT molecular complexity index is 188. The molecule has 76 valence electrons. The molecule has 0 saturated carbocycles. The largest absolute Gasteiger partial charge is 0.395 e. The summed E-state index contributed by atoms with van der Waals surface area (Å²) in [5, 5.41) is 41.2. The number of nitroso groups, excluding NO2 is 1. The Kier molecular flexibility index (Phi) is 3.28. The summed E-state index contributed by atoms with van der Waals surface area (Å²) in [7, 11) is 0. The number of hydrogen-bond acceptors (Lipinski definition) is 7. The lowest BCUT2D eigenvalue weighted by atomic mass is 9.94. The van der Waals surface area contributed by atoms with Gasteiger partial charge < -0.3 is 20.4 Å². The molecule has 0 amide bonds. The van der Waals surface area contributed by atoms with Crippen LogP contribution in [0.15, 0.2) is 5.18 Å². The van der Waals surface area contributed by atoms with Gasteiger partial charge in [0.15, 0.2) is 6.17 Å². The van der Waals surface area contributed by atoms with Gasteiger partial charge in [0.25, 0.3) is 0 Å². The molecule has 0 aromatic rings. The van der Waals surface area contributed by atoms with Gasteiger partial charge in [-0.25, -0.2) is 0 Å². The maximum Gasteiger partial charge on any atom is 0.171 e. The van der Waals surface area contributed by atoms with Crippen LogP contribution in [0.5, 0.6) is 0 Å². The van der Waals surface area contributed by atoms with Gasteiger partial charge in [0.2, 0.25) is 0 Å². The quantitative estimate of drug-likeness (QED) is 0.300. The lowest BCUT2D eigenvalue weighted by Crippen LogP contribution is -2.65. The maximum atomic E-state index is 10.1. The first-order valence-electron chi connectivity index (χ1n) is 3.85. The molecular weight excluding hydrogens is 180 g/mol. The Balaban J connectivity index is 2.71. The number of aliphatic hydroxyl groups excluding tert-OH is 4. The molecule has 1 aliphatic rings. The summed E-state index contributed by atoms with van der Waals surface area (Å²) >= 11 is 0. The first-order chi connectivity index (χ1) is 6.11.